The monoisotopic (exact) mass is 638 g/mol. The average molecular weight is 639 g/mol. The van der Waals surface area contributed by atoms with Crippen molar-refractivity contribution < 1.29 is 68.4 Å². The highest BCUT2D eigenvalue weighted by Gasteiger charge is 2.26. The van der Waals surface area contributed by atoms with Crippen LogP contribution < -0.4 is 10.1 Å². The lowest BCUT2D eigenvalue weighted by Gasteiger charge is -2.26. The smallest absolute Gasteiger partial charge is 0.349 e. The number of benzene rings is 2. The molecule has 248 valence electrons. The molecule has 45 heavy (non-hydrogen) atoms. The van der Waals surface area contributed by atoms with Gasteiger partial charge in [0.05, 0.1) is 36.7 Å². The van der Waals surface area contributed by atoms with Gasteiger partial charge in [-0.1, -0.05) is 30.7 Å². The molecule has 16 nitrogen and oxygen atoms in total. The average Bonchev–Trinajstić information content (AvgIpc) is 3.02. The first-order chi connectivity index (χ1) is 21.4. The maximum absolute atomic E-state index is 12.5. The van der Waals surface area contributed by atoms with Crippen molar-refractivity contribution >= 4 is 40.6 Å². The van der Waals surface area contributed by atoms with Crippen molar-refractivity contribution in [3.8, 4) is 5.75 Å². The van der Waals surface area contributed by atoms with Crippen molar-refractivity contribution in [2.24, 2.45) is 0 Å². The van der Waals surface area contributed by atoms with Crippen molar-refractivity contribution in [3.05, 3.63) is 42.0 Å². The van der Waals surface area contributed by atoms with Gasteiger partial charge >= 0.3 is 23.9 Å². The number of amides is 1. The molecule has 0 bridgehead atoms. The number of rotatable bonds is 19. The van der Waals surface area contributed by atoms with E-state index < -0.39 is 79.7 Å². The maximum atomic E-state index is 12.5. The van der Waals surface area contributed by atoms with E-state index in [-0.39, 0.29) is 18.8 Å². The number of esters is 4. The van der Waals surface area contributed by atoms with Crippen LogP contribution in [-0.2, 0) is 43.0 Å². The van der Waals surface area contributed by atoms with Crippen molar-refractivity contribution in [2.75, 3.05) is 39.6 Å². The van der Waals surface area contributed by atoms with Crippen LogP contribution in [-0.4, -0.2) is 101 Å². The zero-order chi connectivity index (χ0) is 33.4. The van der Waals surface area contributed by atoms with Crippen LogP contribution >= 0.6 is 0 Å². The Morgan fingerprint density at radius 3 is 2.16 bits per heavy atom. The predicted molar refractivity (Wildman–Crippen MR) is 151 cm³/mol. The van der Waals surface area contributed by atoms with Gasteiger partial charge in [0, 0.05) is 6.42 Å². The van der Waals surface area contributed by atoms with Crippen molar-refractivity contribution in [2.45, 2.75) is 51.0 Å². The first kappa shape index (κ1) is 37.0. The molecule has 0 saturated carbocycles. The molecule has 2 aromatic carbocycles. The van der Waals surface area contributed by atoms with Crippen LogP contribution in [0, 0.1) is 0 Å². The van der Waals surface area contributed by atoms with E-state index in [4.69, 9.17) is 29.4 Å². The zero-order valence-electron chi connectivity index (χ0n) is 24.9. The van der Waals surface area contributed by atoms with E-state index in [1.807, 2.05) is 0 Å². The van der Waals surface area contributed by atoms with Crippen molar-refractivity contribution in [1.82, 2.24) is 10.7 Å². The predicted octanol–water partition coefficient (Wildman–Crippen LogP) is 0.910. The van der Waals surface area contributed by atoms with E-state index in [1.165, 1.54) is 13.0 Å². The standard InChI is InChI=1S/C29H38N2O14/c1-19(28(38)43-14-24(34)30-29(2,17-32)18-33)20-7-8-22-13-23(10-9-21(22)12-20)45-27(37)16-42-26(36)15-41-25(35)6-4-3-5-11-44-31(39)40/h7-10,12-13,19,32-33,39-40H,3-6,11,14-18H2,1-2H3,(H,30,34). The molecule has 1 unspecified atom stereocenters. The molecular weight excluding hydrogens is 600 g/mol. The molecule has 0 fully saturated rings. The zero-order valence-corrected chi connectivity index (χ0v) is 24.9. The fraction of sp³-hybridized carbons (Fsp3) is 0.483. The van der Waals surface area contributed by atoms with E-state index in [1.54, 1.807) is 37.3 Å². The second kappa shape index (κ2) is 18.6. The quantitative estimate of drug-likeness (QED) is 0.0474. The minimum Gasteiger partial charge on any atom is -0.455 e. The lowest BCUT2D eigenvalue weighted by Crippen LogP contribution is -2.52. The van der Waals surface area contributed by atoms with E-state index >= 15 is 0 Å². The van der Waals surface area contributed by atoms with Gasteiger partial charge in [-0.25, -0.2) is 9.59 Å². The highest BCUT2D eigenvalue weighted by atomic mass is 17.1. The second-order valence-electron chi connectivity index (χ2n) is 10.2. The molecular formula is C29H38N2O14. The van der Waals surface area contributed by atoms with Crippen LogP contribution in [0.2, 0.25) is 0 Å². The van der Waals surface area contributed by atoms with Gasteiger partial charge in [0.2, 0.25) is 0 Å². The number of carbonyl (C=O) groups is 5. The lowest BCUT2D eigenvalue weighted by atomic mass is 9.98. The van der Waals surface area contributed by atoms with E-state index in [0.29, 0.717) is 30.2 Å². The summed E-state index contributed by atoms with van der Waals surface area (Å²) >= 11 is 0. The Bertz CT molecular complexity index is 1310. The van der Waals surface area contributed by atoms with E-state index in [0.717, 1.165) is 5.39 Å². The third-order valence-corrected chi connectivity index (χ3v) is 6.34. The van der Waals surface area contributed by atoms with Crippen LogP contribution in [0.25, 0.3) is 10.8 Å². The Kier molecular flexibility index (Phi) is 15.3. The molecule has 0 saturated heterocycles. The summed E-state index contributed by atoms with van der Waals surface area (Å²) in [4.78, 5) is 64.5. The van der Waals surface area contributed by atoms with Crippen molar-refractivity contribution in [1.29, 1.82) is 0 Å². The number of carbonyl (C=O) groups excluding carboxylic acids is 5. The number of unbranched alkanes of at least 4 members (excludes halogenated alkanes) is 2. The molecule has 1 amide bonds. The number of fused-ring (bicyclic) bond motifs is 1. The van der Waals surface area contributed by atoms with Gasteiger partial charge in [-0.3, -0.25) is 29.6 Å². The third-order valence-electron chi connectivity index (χ3n) is 6.34. The summed E-state index contributed by atoms with van der Waals surface area (Å²) in [6, 6.07) is 9.85. The number of nitrogens with one attached hydrogen (secondary N) is 1. The fourth-order valence-corrected chi connectivity index (χ4v) is 3.72. The van der Waals surface area contributed by atoms with Gasteiger partial charge in [0.1, 0.15) is 5.75 Å². The molecule has 0 aliphatic carbocycles. The first-order valence-electron chi connectivity index (χ1n) is 13.9. The molecule has 1 atom stereocenters. The van der Waals surface area contributed by atoms with Crippen LogP contribution in [0.15, 0.2) is 36.4 Å². The van der Waals surface area contributed by atoms with Crippen LogP contribution in [0.4, 0.5) is 0 Å². The van der Waals surface area contributed by atoms with Gasteiger partial charge in [-0.2, -0.15) is 0 Å². The summed E-state index contributed by atoms with van der Waals surface area (Å²) in [6.45, 7) is 0.128. The van der Waals surface area contributed by atoms with Crippen LogP contribution in [0.5, 0.6) is 5.75 Å². The number of nitrogens with zero attached hydrogens (tertiary/aromatic N) is 1. The third kappa shape index (κ3) is 13.5. The Hall–Kier alpha value is -4.19. The minimum absolute atomic E-state index is 0.0281. The number of aliphatic hydroxyl groups is 2. The normalized spacial score (nSPS) is 12.0. The fourth-order valence-electron chi connectivity index (χ4n) is 3.72. The summed E-state index contributed by atoms with van der Waals surface area (Å²) in [5.74, 6) is -4.32. The van der Waals surface area contributed by atoms with Crippen LogP contribution in [0.3, 0.4) is 0 Å². The second-order valence-corrected chi connectivity index (χ2v) is 10.2. The number of hydrogen-bond acceptors (Lipinski definition) is 15. The maximum Gasteiger partial charge on any atom is 0.349 e. The van der Waals surface area contributed by atoms with E-state index in [2.05, 4.69) is 10.2 Å². The number of hydrogen-bond donors (Lipinski definition) is 5. The van der Waals surface area contributed by atoms with Crippen molar-refractivity contribution in [3.63, 3.8) is 0 Å². The number of aliphatic hydroxyl groups excluding tert-OH is 2. The number of ether oxygens (including phenoxy) is 4. The highest BCUT2D eigenvalue weighted by Crippen LogP contribution is 2.26. The van der Waals surface area contributed by atoms with Gasteiger partial charge in [-0.05, 0) is 55.2 Å². The molecule has 0 spiro atoms. The Morgan fingerprint density at radius 1 is 0.822 bits per heavy atom. The topological polar surface area (TPSA) is 228 Å². The summed E-state index contributed by atoms with van der Waals surface area (Å²) in [5.41, 5.74) is -0.638. The minimum atomic E-state index is -1.24. The molecule has 0 aliphatic heterocycles. The largest absolute Gasteiger partial charge is 0.455 e. The van der Waals surface area contributed by atoms with Gasteiger partial charge in [0.15, 0.2) is 19.8 Å². The molecule has 2 rings (SSSR count). The SMILES string of the molecule is CC(C(=O)OCC(=O)NC(C)(CO)CO)c1ccc2cc(OC(=O)COC(=O)COC(=O)CCCCCON(O)O)ccc2c1. The molecule has 16 heteroatoms. The Balaban J connectivity index is 1.77. The van der Waals surface area contributed by atoms with E-state index in [9.17, 15) is 34.2 Å². The first-order valence-corrected chi connectivity index (χ1v) is 13.9. The molecule has 5 N–H and O–H groups in total. The van der Waals surface area contributed by atoms with Crippen LogP contribution in [0.1, 0.15) is 51.0 Å². The molecule has 0 aromatic heterocycles. The Labute approximate surface area is 258 Å². The summed E-state index contributed by atoms with van der Waals surface area (Å²) in [6.07, 6.45) is 1.47. The summed E-state index contributed by atoms with van der Waals surface area (Å²) in [7, 11) is 0. The highest BCUT2D eigenvalue weighted by molar-refractivity contribution is 5.88. The van der Waals surface area contributed by atoms with Gasteiger partial charge in [-0.15, -0.1) is 0 Å². The van der Waals surface area contributed by atoms with Gasteiger partial charge in [0.25, 0.3) is 5.91 Å². The molecule has 0 heterocycles. The lowest BCUT2D eigenvalue weighted by molar-refractivity contribution is -0.492. The molecule has 2 aromatic rings. The molecule has 0 radical (unpaired) electrons. The summed E-state index contributed by atoms with van der Waals surface area (Å²) in [5, 5.41) is 38.7. The molecule has 0 aliphatic rings. The van der Waals surface area contributed by atoms with Gasteiger partial charge < -0.3 is 34.5 Å². The summed E-state index contributed by atoms with van der Waals surface area (Å²) < 4.78 is 19.9. The Morgan fingerprint density at radius 2 is 1.47 bits per heavy atom.